The van der Waals surface area contributed by atoms with Crippen molar-refractivity contribution in [1.82, 2.24) is 15.0 Å². The monoisotopic (exact) mass is 236 g/mol. The van der Waals surface area contributed by atoms with E-state index >= 15 is 0 Å². The molecule has 0 aliphatic heterocycles. The average molecular weight is 237 g/mol. The van der Waals surface area contributed by atoms with Crippen LogP contribution in [0.5, 0.6) is 5.88 Å². The van der Waals surface area contributed by atoms with Crippen molar-refractivity contribution in [1.29, 1.82) is 0 Å². The van der Waals surface area contributed by atoms with Gasteiger partial charge in [0.15, 0.2) is 0 Å². The topological polar surface area (TPSA) is 59.9 Å². The highest BCUT2D eigenvalue weighted by Crippen LogP contribution is 2.22. The van der Waals surface area contributed by atoms with E-state index in [1.807, 2.05) is 6.07 Å². The molecular weight excluding hydrogens is 228 g/mol. The van der Waals surface area contributed by atoms with Gasteiger partial charge >= 0.3 is 0 Å². The Kier molecular flexibility index (Phi) is 3.16. The van der Waals surface area contributed by atoms with Crippen LogP contribution in [0.2, 0.25) is 5.15 Å². The van der Waals surface area contributed by atoms with E-state index < -0.39 is 0 Å². The Morgan fingerprint density at radius 3 is 2.88 bits per heavy atom. The lowest BCUT2D eigenvalue weighted by atomic mass is 10.4. The molecule has 0 atom stereocenters. The molecule has 2 aromatic rings. The molecule has 0 spiro atoms. The number of rotatable bonds is 3. The third-order valence-corrected chi connectivity index (χ3v) is 2.04. The number of hydrogen-bond acceptors (Lipinski definition) is 5. The molecule has 0 fully saturated rings. The third-order valence-electron chi connectivity index (χ3n) is 1.83. The van der Waals surface area contributed by atoms with Crippen LogP contribution in [-0.4, -0.2) is 22.1 Å². The summed E-state index contributed by atoms with van der Waals surface area (Å²) in [5.74, 6) is 0.880. The van der Waals surface area contributed by atoms with Crippen molar-refractivity contribution >= 4 is 23.2 Å². The highest BCUT2D eigenvalue weighted by Gasteiger charge is 2.04. The molecule has 0 aliphatic rings. The first-order chi connectivity index (χ1) is 7.79. The molecule has 2 rings (SSSR count). The molecule has 2 aromatic heterocycles. The average Bonchev–Trinajstić information content (AvgIpc) is 2.30. The van der Waals surface area contributed by atoms with Crippen LogP contribution in [0.15, 0.2) is 30.6 Å². The molecule has 0 unspecified atom stereocenters. The van der Waals surface area contributed by atoms with Gasteiger partial charge in [-0.05, 0) is 18.2 Å². The third kappa shape index (κ3) is 2.38. The van der Waals surface area contributed by atoms with E-state index in [0.717, 1.165) is 0 Å². The van der Waals surface area contributed by atoms with Gasteiger partial charge in [0.2, 0.25) is 11.8 Å². The molecule has 0 aromatic carbocycles. The van der Waals surface area contributed by atoms with Crippen LogP contribution in [0.3, 0.4) is 0 Å². The van der Waals surface area contributed by atoms with Crippen molar-refractivity contribution in [3.63, 3.8) is 0 Å². The maximum Gasteiger partial charge on any atom is 0.237 e. The summed E-state index contributed by atoms with van der Waals surface area (Å²) in [5, 5.41) is 3.35. The van der Waals surface area contributed by atoms with Crippen LogP contribution >= 0.6 is 11.6 Å². The van der Waals surface area contributed by atoms with Gasteiger partial charge in [0.25, 0.3) is 0 Å². The SMILES string of the molecule is COc1ncccc1Nc1nccc(Cl)n1. The molecule has 0 radical (unpaired) electrons. The van der Waals surface area contributed by atoms with Crippen molar-refractivity contribution in [2.24, 2.45) is 0 Å². The fourth-order valence-corrected chi connectivity index (χ4v) is 1.30. The molecule has 1 N–H and O–H groups in total. The van der Waals surface area contributed by atoms with Gasteiger partial charge in [-0.25, -0.2) is 15.0 Å². The summed E-state index contributed by atoms with van der Waals surface area (Å²) in [7, 11) is 1.55. The second-order valence-electron chi connectivity index (χ2n) is 2.89. The van der Waals surface area contributed by atoms with E-state index in [-0.39, 0.29) is 0 Å². The molecule has 0 saturated heterocycles. The fourth-order valence-electron chi connectivity index (χ4n) is 1.17. The first-order valence-electron chi connectivity index (χ1n) is 4.54. The minimum Gasteiger partial charge on any atom is -0.480 e. The zero-order chi connectivity index (χ0) is 11.4. The van der Waals surface area contributed by atoms with Crippen LogP contribution < -0.4 is 10.1 Å². The first kappa shape index (κ1) is 10.6. The fraction of sp³-hybridized carbons (Fsp3) is 0.100. The number of pyridine rings is 1. The van der Waals surface area contributed by atoms with E-state index in [9.17, 15) is 0 Å². The smallest absolute Gasteiger partial charge is 0.237 e. The number of hydrogen-bond donors (Lipinski definition) is 1. The van der Waals surface area contributed by atoms with Crippen LogP contribution in [0.4, 0.5) is 11.6 Å². The largest absolute Gasteiger partial charge is 0.480 e. The molecule has 82 valence electrons. The standard InChI is InChI=1S/C10H9ClN4O/c1-16-9-7(3-2-5-12-9)14-10-13-6-4-8(11)15-10/h2-6H,1H3,(H,13,14,15). The van der Waals surface area contributed by atoms with E-state index in [1.165, 1.54) is 0 Å². The molecule has 16 heavy (non-hydrogen) atoms. The highest BCUT2D eigenvalue weighted by molar-refractivity contribution is 6.29. The van der Waals surface area contributed by atoms with Gasteiger partial charge in [-0.3, -0.25) is 0 Å². The molecular formula is C10H9ClN4O. The minimum absolute atomic E-state index is 0.375. The van der Waals surface area contributed by atoms with Crippen molar-refractivity contribution in [2.45, 2.75) is 0 Å². The lowest BCUT2D eigenvalue weighted by molar-refractivity contribution is 0.400. The summed E-state index contributed by atoms with van der Waals surface area (Å²) in [4.78, 5) is 12.1. The Morgan fingerprint density at radius 1 is 1.25 bits per heavy atom. The number of aromatic nitrogens is 3. The molecule has 6 heteroatoms. The number of nitrogens with one attached hydrogen (secondary N) is 1. The predicted molar refractivity (Wildman–Crippen MR) is 61.1 cm³/mol. The Hall–Kier alpha value is -1.88. The first-order valence-corrected chi connectivity index (χ1v) is 4.92. The Morgan fingerprint density at radius 2 is 2.12 bits per heavy atom. The molecule has 2 heterocycles. The molecule has 5 nitrogen and oxygen atoms in total. The molecule has 0 aliphatic carbocycles. The number of ether oxygens (including phenoxy) is 1. The lowest BCUT2D eigenvalue weighted by Gasteiger charge is -2.07. The van der Waals surface area contributed by atoms with E-state index in [4.69, 9.17) is 16.3 Å². The molecule has 0 saturated carbocycles. The van der Waals surface area contributed by atoms with Crippen LogP contribution in [-0.2, 0) is 0 Å². The second kappa shape index (κ2) is 4.76. The summed E-state index contributed by atoms with van der Waals surface area (Å²) >= 11 is 5.75. The summed E-state index contributed by atoms with van der Waals surface area (Å²) in [6.07, 6.45) is 3.21. The summed E-state index contributed by atoms with van der Waals surface area (Å²) in [6, 6.07) is 5.21. The zero-order valence-corrected chi connectivity index (χ0v) is 9.27. The van der Waals surface area contributed by atoms with Gasteiger partial charge in [-0.2, -0.15) is 0 Å². The van der Waals surface area contributed by atoms with Gasteiger partial charge in [0.1, 0.15) is 10.8 Å². The van der Waals surface area contributed by atoms with Crippen molar-refractivity contribution in [2.75, 3.05) is 12.4 Å². The summed E-state index contributed by atoms with van der Waals surface area (Å²) in [6.45, 7) is 0. The van der Waals surface area contributed by atoms with Crippen molar-refractivity contribution < 1.29 is 4.74 Å². The van der Waals surface area contributed by atoms with E-state index in [0.29, 0.717) is 22.7 Å². The summed E-state index contributed by atoms with van der Waals surface area (Å²) in [5.41, 5.74) is 0.687. The number of anilines is 2. The zero-order valence-electron chi connectivity index (χ0n) is 8.51. The molecule has 0 bridgehead atoms. The Labute approximate surface area is 97.5 Å². The van der Waals surface area contributed by atoms with E-state index in [1.54, 1.807) is 31.6 Å². The lowest BCUT2D eigenvalue weighted by Crippen LogP contribution is -1.99. The quantitative estimate of drug-likeness (QED) is 0.829. The number of nitrogens with zero attached hydrogens (tertiary/aromatic N) is 3. The maximum atomic E-state index is 5.75. The second-order valence-corrected chi connectivity index (χ2v) is 3.28. The Bertz CT molecular complexity index is 492. The van der Waals surface area contributed by atoms with E-state index in [2.05, 4.69) is 20.3 Å². The van der Waals surface area contributed by atoms with Crippen molar-refractivity contribution in [3.8, 4) is 5.88 Å². The van der Waals surface area contributed by atoms with Gasteiger partial charge in [-0.1, -0.05) is 11.6 Å². The summed E-state index contributed by atoms with van der Waals surface area (Å²) < 4.78 is 5.09. The molecule has 0 amide bonds. The van der Waals surface area contributed by atoms with Crippen LogP contribution in [0.1, 0.15) is 0 Å². The van der Waals surface area contributed by atoms with Crippen LogP contribution in [0.25, 0.3) is 0 Å². The number of methoxy groups -OCH3 is 1. The number of halogens is 1. The van der Waals surface area contributed by atoms with Gasteiger partial charge in [0, 0.05) is 12.4 Å². The minimum atomic E-state index is 0.375. The normalized spacial score (nSPS) is 9.88. The van der Waals surface area contributed by atoms with Crippen molar-refractivity contribution in [3.05, 3.63) is 35.7 Å². The van der Waals surface area contributed by atoms with Gasteiger partial charge < -0.3 is 10.1 Å². The van der Waals surface area contributed by atoms with Gasteiger partial charge in [-0.15, -0.1) is 0 Å². The Balaban J connectivity index is 2.26. The predicted octanol–water partition coefficient (Wildman–Crippen LogP) is 2.28. The highest BCUT2D eigenvalue weighted by atomic mass is 35.5. The van der Waals surface area contributed by atoms with Gasteiger partial charge in [0.05, 0.1) is 7.11 Å². The maximum absolute atomic E-state index is 5.75. The van der Waals surface area contributed by atoms with Crippen LogP contribution in [0, 0.1) is 0 Å².